The topological polar surface area (TPSA) is 61.4 Å². The molecule has 4 rings (SSSR count). The number of amides is 2. The Balaban J connectivity index is 1.27. The van der Waals surface area contributed by atoms with Gasteiger partial charge in [-0.05, 0) is 54.8 Å². The first kappa shape index (κ1) is 17.7. The molecule has 1 aliphatic carbocycles. The standard InChI is InChI=1S/C19H23N3O2S2/c1-12-10-16(21-18(23)13-2-3-13)26-17(12)19(24)20-6-8-22-7-4-15-14(11-22)5-9-25-15/h5,9-10,13H,2-4,6-8,11H2,1H3,(H,20,24)(H,21,23). The van der Waals surface area contributed by atoms with Crippen LogP contribution < -0.4 is 10.6 Å². The summed E-state index contributed by atoms with van der Waals surface area (Å²) in [6.45, 7) is 5.44. The van der Waals surface area contributed by atoms with Gasteiger partial charge in [0.2, 0.25) is 5.91 Å². The van der Waals surface area contributed by atoms with Gasteiger partial charge in [-0.1, -0.05) is 0 Å². The van der Waals surface area contributed by atoms with Gasteiger partial charge in [0.1, 0.15) is 0 Å². The second-order valence-electron chi connectivity index (χ2n) is 7.04. The Morgan fingerprint density at radius 2 is 2.19 bits per heavy atom. The molecule has 0 atom stereocenters. The van der Waals surface area contributed by atoms with Crippen LogP contribution in [0.3, 0.4) is 0 Å². The molecule has 2 N–H and O–H groups in total. The van der Waals surface area contributed by atoms with E-state index in [-0.39, 0.29) is 17.7 Å². The average Bonchev–Trinajstić information content (AvgIpc) is 3.27. The summed E-state index contributed by atoms with van der Waals surface area (Å²) in [5.41, 5.74) is 2.34. The Kier molecular flexibility index (Phi) is 5.11. The Morgan fingerprint density at radius 1 is 1.35 bits per heavy atom. The second-order valence-corrected chi connectivity index (χ2v) is 9.09. The molecule has 5 nitrogen and oxygen atoms in total. The summed E-state index contributed by atoms with van der Waals surface area (Å²) in [7, 11) is 0. The van der Waals surface area contributed by atoms with Crippen LogP contribution in [0.15, 0.2) is 17.5 Å². The maximum absolute atomic E-state index is 12.5. The first-order valence-electron chi connectivity index (χ1n) is 9.07. The van der Waals surface area contributed by atoms with Gasteiger partial charge >= 0.3 is 0 Å². The van der Waals surface area contributed by atoms with E-state index >= 15 is 0 Å². The lowest BCUT2D eigenvalue weighted by Gasteiger charge is -2.26. The van der Waals surface area contributed by atoms with Crippen molar-refractivity contribution < 1.29 is 9.59 Å². The molecule has 2 aromatic heterocycles. The molecular weight excluding hydrogens is 366 g/mol. The molecule has 26 heavy (non-hydrogen) atoms. The van der Waals surface area contributed by atoms with Crippen LogP contribution in [0.1, 0.15) is 38.5 Å². The van der Waals surface area contributed by atoms with E-state index in [1.165, 1.54) is 21.8 Å². The third-order valence-corrected chi connectivity index (χ3v) is 7.09. The van der Waals surface area contributed by atoms with Crippen molar-refractivity contribution in [3.8, 4) is 0 Å². The number of anilines is 1. The van der Waals surface area contributed by atoms with Crippen LogP contribution in [0.2, 0.25) is 0 Å². The summed E-state index contributed by atoms with van der Waals surface area (Å²) in [6, 6.07) is 4.10. The lowest BCUT2D eigenvalue weighted by atomic mass is 10.1. The Hall–Kier alpha value is -1.70. The Labute approximate surface area is 161 Å². The number of nitrogens with zero attached hydrogens (tertiary/aromatic N) is 1. The Bertz CT molecular complexity index is 823. The molecule has 138 valence electrons. The predicted octanol–water partition coefficient (Wildman–Crippen LogP) is 3.25. The molecular formula is C19H23N3O2S2. The molecule has 0 spiro atoms. The van der Waals surface area contributed by atoms with Gasteiger partial charge in [-0.3, -0.25) is 14.5 Å². The number of carbonyl (C=O) groups excluding carboxylic acids is 2. The number of hydrogen-bond donors (Lipinski definition) is 2. The maximum Gasteiger partial charge on any atom is 0.261 e. The van der Waals surface area contributed by atoms with E-state index < -0.39 is 0 Å². The largest absolute Gasteiger partial charge is 0.350 e. The maximum atomic E-state index is 12.5. The van der Waals surface area contributed by atoms with E-state index in [4.69, 9.17) is 0 Å². The summed E-state index contributed by atoms with van der Waals surface area (Å²) in [5, 5.41) is 8.88. The predicted molar refractivity (Wildman–Crippen MR) is 106 cm³/mol. The monoisotopic (exact) mass is 389 g/mol. The van der Waals surface area contributed by atoms with Crippen LogP contribution in [-0.4, -0.2) is 36.3 Å². The average molecular weight is 390 g/mol. The highest BCUT2D eigenvalue weighted by atomic mass is 32.1. The highest BCUT2D eigenvalue weighted by Crippen LogP contribution is 2.32. The fourth-order valence-corrected chi connectivity index (χ4v) is 5.13. The van der Waals surface area contributed by atoms with Crippen molar-refractivity contribution in [2.24, 2.45) is 5.92 Å². The minimum atomic E-state index is -0.0485. The van der Waals surface area contributed by atoms with E-state index in [1.54, 1.807) is 0 Å². The van der Waals surface area contributed by atoms with Crippen molar-refractivity contribution in [3.05, 3.63) is 38.4 Å². The number of hydrogen-bond acceptors (Lipinski definition) is 5. The van der Waals surface area contributed by atoms with Gasteiger partial charge in [-0.25, -0.2) is 0 Å². The normalized spacial score (nSPS) is 17.0. The van der Waals surface area contributed by atoms with Crippen molar-refractivity contribution in [2.45, 2.75) is 32.7 Å². The number of nitrogens with one attached hydrogen (secondary N) is 2. The fourth-order valence-electron chi connectivity index (χ4n) is 3.24. The summed E-state index contributed by atoms with van der Waals surface area (Å²) in [6.07, 6.45) is 3.06. The van der Waals surface area contributed by atoms with Gasteiger partial charge in [0.15, 0.2) is 0 Å². The summed E-state index contributed by atoms with van der Waals surface area (Å²) in [5.74, 6) is 0.201. The molecule has 7 heteroatoms. The van der Waals surface area contributed by atoms with Crippen molar-refractivity contribution in [1.82, 2.24) is 10.2 Å². The first-order valence-corrected chi connectivity index (χ1v) is 10.8. The molecule has 0 saturated heterocycles. The van der Waals surface area contributed by atoms with Crippen LogP contribution in [0.5, 0.6) is 0 Å². The summed E-state index contributed by atoms with van der Waals surface area (Å²) >= 11 is 3.20. The fraction of sp³-hybridized carbons (Fsp3) is 0.474. The molecule has 3 heterocycles. The van der Waals surface area contributed by atoms with Gasteiger partial charge in [-0.2, -0.15) is 0 Å². The van der Waals surface area contributed by atoms with Crippen LogP contribution in [0.4, 0.5) is 5.00 Å². The summed E-state index contributed by atoms with van der Waals surface area (Å²) < 4.78 is 0. The molecule has 1 fully saturated rings. The van der Waals surface area contributed by atoms with Gasteiger partial charge in [0, 0.05) is 37.0 Å². The van der Waals surface area contributed by atoms with Crippen molar-refractivity contribution in [3.63, 3.8) is 0 Å². The van der Waals surface area contributed by atoms with Crippen molar-refractivity contribution >= 4 is 39.5 Å². The lowest BCUT2D eigenvalue weighted by molar-refractivity contribution is -0.117. The second kappa shape index (κ2) is 7.50. The number of thiophene rings is 2. The number of aryl methyl sites for hydroxylation is 1. The van der Waals surface area contributed by atoms with Gasteiger partial charge in [0.25, 0.3) is 5.91 Å². The van der Waals surface area contributed by atoms with Gasteiger partial charge in [0.05, 0.1) is 9.88 Å². The van der Waals surface area contributed by atoms with Crippen LogP contribution >= 0.6 is 22.7 Å². The molecule has 2 aromatic rings. The van der Waals surface area contributed by atoms with E-state index in [9.17, 15) is 9.59 Å². The lowest BCUT2D eigenvalue weighted by Crippen LogP contribution is -2.37. The van der Waals surface area contributed by atoms with Crippen molar-refractivity contribution in [1.29, 1.82) is 0 Å². The minimum absolute atomic E-state index is 0.0485. The molecule has 2 aliphatic rings. The summed E-state index contributed by atoms with van der Waals surface area (Å²) in [4.78, 5) is 28.9. The third-order valence-electron chi connectivity index (χ3n) is 4.92. The quantitative estimate of drug-likeness (QED) is 0.797. The molecule has 0 bridgehead atoms. The number of fused-ring (bicyclic) bond motifs is 1. The molecule has 0 radical (unpaired) electrons. The van der Waals surface area contributed by atoms with E-state index in [0.717, 1.165) is 49.5 Å². The molecule has 0 unspecified atom stereocenters. The first-order chi connectivity index (χ1) is 12.6. The van der Waals surface area contributed by atoms with Gasteiger partial charge in [-0.15, -0.1) is 22.7 Å². The number of rotatable bonds is 6. The zero-order valence-electron chi connectivity index (χ0n) is 14.8. The molecule has 1 aliphatic heterocycles. The van der Waals surface area contributed by atoms with Crippen LogP contribution in [0.25, 0.3) is 0 Å². The zero-order valence-corrected chi connectivity index (χ0v) is 16.5. The number of carbonyl (C=O) groups is 2. The van der Waals surface area contributed by atoms with E-state index in [0.29, 0.717) is 11.4 Å². The Morgan fingerprint density at radius 3 is 3.00 bits per heavy atom. The highest BCUT2D eigenvalue weighted by molar-refractivity contribution is 7.18. The smallest absolute Gasteiger partial charge is 0.261 e. The molecule has 2 amide bonds. The van der Waals surface area contributed by atoms with E-state index in [1.807, 2.05) is 24.3 Å². The minimum Gasteiger partial charge on any atom is -0.350 e. The zero-order chi connectivity index (χ0) is 18.1. The van der Waals surface area contributed by atoms with Crippen molar-refractivity contribution in [2.75, 3.05) is 25.0 Å². The highest BCUT2D eigenvalue weighted by Gasteiger charge is 2.30. The van der Waals surface area contributed by atoms with Gasteiger partial charge < -0.3 is 10.6 Å². The SMILES string of the molecule is Cc1cc(NC(=O)C2CC2)sc1C(=O)NCCN1CCc2sccc2C1. The molecule has 1 saturated carbocycles. The van der Waals surface area contributed by atoms with Crippen LogP contribution in [0, 0.1) is 12.8 Å². The molecule has 0 aromatic carbocycles. The van der Waals surface area contributed by atoms with E-state index in [2.05, 4.69) is 27.0 Å². The third kappa shape index (κ3) is 4.00. The van der Waals surface area contributed by atoms with Crippen LogP contribution in [-0.2, 0) is 17.8 Å².